The van der Waals surface area contributed by atoms with Crippen LogP contribution in [0.5, 0.6) is 5.75 Å². The van der Waals surface area contributed by atoms with Crippen LogP contribution in [0.1, 0.15) is 22.7 Å². The Hall–Kier alpha value is -3.09. The van der Waals surface area contributed by atoms with Crippen molar-refractivity contribution in [2.45, 2.75) is 25.7 Å². The lowest BCUT2D eigenvalue weighted by Crippen LogP contribution is -2.17. The van der Waals surface area contributed by atoms with Gasteiger partial charge in [0, 0.05) is 11.3 Å². The minimum absolute atomic E-state index is 0.00455. The Labute approximate surface area is 163 Å². The molecule has 0 saturated heterocycles. The van der Waals surface area contributed by atoms with Gasteiger partial charge in [0.25, 0.3) is 0 Å². The molecule has 0 aliphatic carbocycles. The Morgan fingerprint density at radius 3 is 2.34 bits per heavy atom. The average Bonchev–Trinajstić information content (AvgIpc) is 3.03. The molecule has 1 heterocycles. The van der Waals surface area contributed by atoms with Crippen molar-refractivity contribution >= 4 is 5.69 Å². The number of halogens is 5. The fraction of sp³-hybridized carbons (Fsp3) is 0.182. The molecule has 29 heavy (non-hydrogen) atoms. The van der Waals surface area contributed by atoms with E-state index >= 15 is 0 Å². The molecule has 7 heteroatoms. The molecule has 1 unspecified atom stereocenters. The van der Waals surface area contributed by atoms with Gasteiger partial charge in [0.2, 0.25) is 0 Å². The number of aryl methyl sites for hydroxylation is 1. The zero-order chi connectivity index (χ0) is 20.8. The van der Waals surface area contributed by atoms with E-state index in [0.29, 0.717) is 12.0 Å². The third kappa shape index (κ3) is 3.90. The second kappa shape index (κ2) is 7.06. The van der Waals surface area contributed by atoms with Crippen molar-refractivity contribution in [3.05, 3.63) is 82.9 Å². The van der Waals surface area contributed by atoms with Crippen molar-refractivity contribution < 1.29 is 26.7 Å². The summed E-state index contributed by atoms with van der Waals surface area (Å²) in [6.07, 6.45) is -4.35. The van der Waals surface area contributed by atoms with Crippen LogP contribution in [0.2, 0.25) is 0 Å². The predicted molar refractivity (Wildman–Crippen MR) is 99.7 cm³/mol. The molecule has 1 atom stereocenters. The van der Waals surface area contributed by atoms with Crippen LogP contribution in [0.4, 0.5) is 27.6 Å². The predicted octanol–water partition coefficient (Wildman–Crippen LogP) is 6.55. The zero-order valence-electron chi connectivity index (χ0n) is 15.3. The summed E-state index contributed by atoms with van der Waals surface area (Å²) in [6, 6.07) is 12.9. The highest BCUT2D eigenvalue weighted by Gasteiger charge is 2.31. The molecule has 0 saturated carbocycles. The van der Waals surface area contributed by atoms with Crippen LogP contribution in [0.3, 0.4) is 0 Å². The fourth-order valence-electron chi connectivity index (χ4n) is 3.70. The van der Waals surface area contributed by atoms with Crippen LogP contribution >= 0.6 is 0 Å². The van der Waals surface area contributed by atoms with E-state index in [9.17, 15) is 22.0 Å². The number of fused-ring (bicyclic) bond motifs is 1. The quantitative estimate of drug-likeness (QED) is 0.499. The van der Waals surface area contributed by atoms with Crippen LogP contribution in [0.15, 0.2) is 54.6 Å². The minimum atomic E-state index is -4.75. The van der Waals surface area contributed by atoms with Crippen LogP contribution in [-0.4, -0.2) is 6.36 Å². The van der Waals surface area contributed by atoms with Crippen molar-refractivity contribution in [2.75, 3.05) is 5.32 Å². The van der Waals surface area contributed by atoms with Crippen molar-refractivity contribution in [1.82, 2.24) is 0 Å². The fourth-order valence-corrected chi connectivity index (χ4v) is 3.70. The van der Waals surface area contributed by atoms with Gasteiger partial charge in [-0.2, -0.15) is 0 Å². The van der Waals surface area contributed by atoms with Gasteiger partial charge >= 0.3 is 6.36 Å². The SMILES string of the molecule is Cc1cc(OC(F)(F)F)ccc1-c1ccc2c(c1)CC(c1c(F)cccc1F)N2. The standard InChI is InChI=1S/C22H16F5NO/c1-12-9-15(29-22(25,26)27)6-7-16(12)13-5-8-19-14(10-13)11-20(28-19)21-17(23)3-2-4-18(21)24/h2-10,20,28H,11H2,1H3. The summed E-state index contributed by atoms with van der Waals surface area (Å²) >= 11 is 0. The van der Waals surface area contributed by atoms with Crippen LogP contribution in [-0.2, 0) is 6.42 Å². The lowest BCUT2D eigenvalue weighted by atomic mass is 9.96. The van der Waals surface area contributed by atoms with Crippen molar-refractivity contribution in [1.29, 1.82) is 0 Å². The molecule has 0 bridgehead atoms. The van der Waals surface area contributed by atoms with E-state index in [4.69, 9.17) is 0 Å². The van der Waals surface area contributed by atoms with Gasteiger partial charge in [-0.3, -0.25) is 0 Å². The third-order valence-corrected chi connectivity index (χ3v) is 4.95. The number of anilines is 1. The second-order valence-corrected chi connectivity index (χ2v) is 6.93. The highest BCUT2D eigenvalue weighted by molar-refractivity contribution is 5.73. The number of benzene rings is 3. The van der Waals surface area contributed by atoms with Gasteiger partial charge in [0.15, 0.2) is 0 Å². The summed E-state index contributed by atoms with van der Waals surface area (Å²) in [7, 11) is 0. The van der Waals surface area contributed by atoms with Crippen LogP contribution in [0.25, 0.3) is 11.1 Å². The topological polar surface area (TPSA) is 21.3 Å². The third-order valence-electron chi connectivity index (χ3n) is 4.95. The maximum absolute atomic E-state index is 14.1. The van der Waals surface area contributed by atoms with Crippen molar-refractivity contribution in [2.24, 2.45) is 0 Å². The number of nitrogens with one attached hydrogen (secondary N) is 1. The Balaban J connectivity index is 1.61. The van der Waals surface area contributed by atoms with E-state index in [2.05, 4.69) is 10.1 Å². The molecule has 1 N–H and O–H groups in total. The first-order chi connectivity index (χ1) is 13.7. The Morgan fingerprint density at radius 2 is 1.69 bits per heavy atom. The number of alkyl halides is 3. The highest BCUT2D eigenvalue weighted by Crippen LogP contribution is 2.39. The van der Waals surface area contributed by atoms with Gasteiger partial charge in [-0.1, -0.05) is 18.2 Å². The second-order valence-electron chi connectivity index (χ2n) is 6.93. The first-order valence-corrected chi connectivity index (χ1v) is 8.91. The Kier molecular flexibility index (Phi) is 4.68. The largest absolute Gasteiger partial charge is 0.573 e. The van der Waals surface area contributed by atoms with Gasteiger partial charge < -0.3 is 10.1 Å². The molecular weight excluding hydrogens is 389 g/mol. The van der Waals surface area contributed by atoms with Crippen molar-refractivity contribution in [3.8, 4) is 16.9 Å². The monoisotopic (exact) mass is 405 g/mol. The molecular formula is C22H16F5NO. The molecule has 0 spiro atoms. The summed E-state index contributed by atoms with van der Waals surface area (Å²) in [5, 5.41) is 3.14. The smallest absolute Gasteiger partial charge is 0.406 e. The van der Waals surface area contributed by atoms with E-state index in [1.165, 1.54) is 30.3 Å². The van der Waals surface area contributed by atoms with E-state index < -0.39 is 24.0 Å². The molecule has 3 aromatic rings. The normalized spacial score (nSPS) is 15.7. The molecule has 1 aliphatic heterocycles. The van der Waals surface area contributed by atoms with Gasteiger partial charge in [-0.05, 0) is 72.0 Å². The summed E-state index contributed by atoms with van der Waals surface area (Å²) in [5.41, 5.74) is 3.82. The maximum Gasteiger partial charge on any atom is 0.573 e. The summed E-state index contributed by atoms with van der Waals surface area (Å²) in [5.74, 6) is -1.49. The lowest BCUT2D eigenvalue weighted by Gasteiger charge is -2.13. The van der Waals surface area contributed by atoms with Gasteiger partial charge in [-0.25, -0.2) is 8.78 Å². The molecule has 3 aromatic carbocycles. The molecule has 1 aliphatic rings. The first-order valence-electron chi connectivity index (χ1n) is 8.91. The number of ether oxygens (including phenoxy) is 1. The van der Waals surface area contributed by atoms with E-state index in [0.717, 1.165) is 22.4 Å². The number of rotatable bonds is 3. The van der Waals surface area contributed by atoms with Gasteiger partial charge in [-0.15, -0.1) is 13.2 Å². The Bertz CT molecular complexity index is 1060. The maximum atomic E-state index is 14.1. The molecule has 0 radical (unpaired) electrons. The Morgan fingerprint density at radius 1 is 0.966 bits per heavy atom. The zero-order valence-corrected chi connectivity index (χ0v) is 15.3. The first kappa shape index (κ1) is 19.2. The van der Waals surface area contributed by atoms with E-state index in [-0.39, 0.29) is 11.3 Å². The minimum Gasteiger partial charge on any atom is -0.406 e. The number of hydrogen-bond acceptors (Lipinski definition) is 2. The molecule has 2 nitrogen and oxygen atoms in total. The van der Waals surface area contributed by atoms with Crippen LogP contribution < -0.4 is 10.1 Å². The van der Waals surface area contributed by atoms with E-state index in [1.54, 1.807) is 13.0 Å². The molecule has 4 rings (SSSR count). The van der Waals surface area contributed by atoms with Crippen LogP contribution in [0, 0.1) is 18.6 Å². The van der Waals surface area contributed by atoms with Gasteiger partial charge in [0.05, 0.1) is 6.04 Å². The van der Waals surface area contributed by atoms with Crippen molar-refractivity contribution in [3.63, 3.8) is 0 Å². The number of hydrogen-bond donors (Lipinski definition) is 1. The molecule has 150 valence electrons. The summed E-state index contributed by atoms with van der Waals surface area (Å²) in [6.45, 7) is 1.70. The highest BCUT2D eigenvalue weighted by atomic mass is 19.4. The lowest BCUT2D eigenvalue weighted by molar-refractivity contribution is -0.274. The average molecular weight is 405 g/mol. The molecule has 0 aromatic heterocycles. The van der Waals surface area contributed by atoms with Gasteiger partial charge in [0.1, 0.15) is 17.4 Å². The summed E-state index contributed by atoms with van der Waals surface area (Å²) in [4.78, 5) is 0. The molecule has 0 fully saturated rings. The van der Waals surface area contributed by atoms with E-state index in [1.807, 2.05) is 18.2 Å². The molecule has 0 amide bonds. The summed E-state index contributed by atoms with van der Waals surface area (Å²) < 4.78 is 69.4.